The number of hydrogen-bond acceptors (Lipinski definition) is 3. The predicted octanol–water partition coefficient (Wildman–Crippen LogP) is 2.51. The van der Waals surface area contributed by atoms with E-state index in [1.807, 2.05) is 0 Å². The van der Waals surface area contributed by atoms with E-state index in [9.17, 15) is 14.3 Å². The van der Waals surface area contributed by atoms with Crippen molar-refractivity contribution in [2.75, 3.05) is 19.0 Å². The first-order valence-corrected chi connectivity index (χ1v) is 7.15. The first-order valence-electron chi connectivity index (χ1n) is 7.15. The van der Waals surface area contributed by atoms with Crippen LogP contribution in [0.25, 0.3) is 0 Å². The van der Waals surface area contributed by atoms with Gasteiger partial charge in [0.25, 0.3) is 0 Å². The third-order valence-corrected chi connectivity index (χ3v) is 3.72. The van der Waals surface area contributed by atoms with Gasteiger partial charge in [-0.05, 0) is 37.3 Å². The number of carbonyl (C=O) groups is 1. The van der Waals surface area contributed by atoms with Crippen molar-refractivity contribution in [3.63, 3.8) is 0 Å². The van der Waals surface area contributed by atoms with Crippen molar-refractivity contribution < 1.29 is 19.0 Å². The third kappa shape index (κ3) is 4.60. The van der Waals surface area contributed by atoms with E-state index >= 15 is 0 Å². The lowest BCUT2D eigenvalue weighted by atomic mass is 9.87. The lowest BCUT2D eigenvalue weighted by Crippen LogP contribution is -2.35. The van der Waals surface area contributed by atoms with E-state index in [4.69, 9.17) is 4.74 Å². The molecule has 0 saturated heterocycles. The number of anilines is 1. The number of aliphatic hydroxyl groups excluding tert-OH is 1. The topological polar surface area (TPSA) is 70.6 Å². The lowest BCUT2D eigenvalue weighted by Gasteiger charge is -2.25. The molecule has 0 radical (unpaired) electrons. The van der Waals surface area contributed by atoms with E-state index < -0.39 is 11.8 Å². The Balaban J connectivity index is 1.85. The van der Waals surface area contributed by atoms with Crippen LogP contribution < -0.4 is 15.4 Å². The van der Waals surface area contributed by atoms with E-state index in [2.05, 4.69) is 10.6 Å². The van der Waals surface area contributed by atoms with Crippen molar-refractivity contribution in [1.82, 2.24) is 5.32 Å². The Morgan fingerprint density at radius 3 is 3.00 bits per heavy atom. The Hall–Kier alpha value is -1.82. The molecule has 1 aliphatic rings. The normalized spacial score (nSPS) is 21.7. The molecule has 2 atom stereocenters. The Morgan fingerprint density at radius 2 is 2.29 bits per heavy atom. The summed E-state index contributed by atoms with van der Waals surface area (Å²) in [7, 11) is 1.46. The monoisotopic (exact) mass is 296 g/mol. The molecule has 2 unspecified atom stereocenters. The molecule has 6 heteroatoms. The minimum absolute atomic E-state index is 0.267. The number of halogens is 1. The van der Waals surface area contributed by atoms with Crippen LogP contribution in [0.5, 0.6) is 5.75 Å². The number of benzene rings is 1. The summed E-state index contributed by atoms with van der Waals surface area (Å²) in [5.41, 5.74) is 0.290. The summed E-state index contributed by atoms with van der Waals surface area (Å²) in [5, 5.41) is 14.9. The SMILES string of the molecule is COc1ccc(F)cc1NC(=O)NCC1CCCC(O)C1. The zero-order valence-electron chi connectivity index (χ0n) is 12.1. The number of aliphatic hydroxyl groups is 1. The second kappa shape index (κ2) is 7.26. The maximum atomic E-state index is 13.2. The van der Waals surface area contributed by atoms with Gasteiger partial charge in [0.1, 0.15) is 11.6 Å². The van der Waals surface area contributed by atoms with Gasteiger partial charge in [-0.3, -0.25) is 0 Å². The Morgan fingerprint density at radius 1 is 1.48 bits per heavy atom. The van der Waals surface area contributed by atoms with Gasteiger partial charge in [0.15, 0.2) is 0 Å². The third-order valence-electron chi connectivity index (χ3n) is 3.72. The highest BCUT2D eigenvalue weighted by atomic mass is 19.1. The fourth-order valence-electron chi connectivity index (χ4n) is 2.63. The first kappa shape index (κ1) is 15.6. The van der Waals surface area contributed by atoms with Crippen LogP contribution in [0.2, 0.25) is 0 Å². The molecule has 1 aromatic rings. The number of nitrogens with one attached hydrogen (secondary N) is 2. The molecular weight excluding hydrogens is 275 g/mol. The number of carbonyl (C=O) groups excluding carboxylic acids is 1. The minimum Gasteiger partial charge on any atom is -0.495 e. The zero-order valence-corrected chi connectivity index (χ0v) is 12.1. The van der Waals surface area contributed by atoms with E-state index in [1.165, 1.54) is 25.3 Å². The van der Waals surface area contributed by atoms with Crippen LogP contribution in [0.3, 0.4) is 0 Å². The van der Waals surface area contributed by atoms with Gasteiger partial charge in [-0.15, -0.1) is 0 Å². The Kier molecular flexibility index (Phi) is 5.38. The van der Waals surface area contributed by atoms with Crippen LogP contribution in [0.4, 0.5) is 14.9 Å². The van der Waals surface area contributed by atoms with Gasteiger partial charge in [0.2, 0.25) is 0 Å². The van der Waals surface area contributed by atoms with Crippen molar-refractivity contribution >= 4 is 11.7 Å². The number of urea groups is 1. The molecule has 0 aliphatic heterocycles. The fraction of sp³-hybridized carbons (Fsp3) is 0.533. The number of hydrogen-bond donors (Lipinski definition) is 3. The summed E-state index contributed by atoms with van der Waals surface area (Å²) >= 11 is 0. The quantitative estimate of drug-likeness (QED) is 0.799. The molecule has 3 N–H and O–H groups in total. The molecule has 0 aromatic heterocycles. The highest BCUT2D eigenvalue weighted by Crippen LogP contribution is 2.25. The molecular formula is C15H21FN2O3. The smallest absolute Gasteiger partial charge is 0.319 e. The summed E-state index contributed by atoms with van der Waals surface area (Å²) < 4.78 is 18.3. The molecule has 1 aliphatic carbocycles. The van der Waals surface area contributed by atoms with Crippen LogP contribution in [0.1, 0.15) is 25.7 Å². The number of ether oxygens (including phenoxy) is 1. The van der Waals surface area contributed by atoms with Crippen LogP contribution >= 0.6 is 0 Å². The molecule has 116 valence electrons. The maximum absolute atomic E-state index is 13.2. The van der Waals surface area contributed by atoms with Gasteiger partial charge in [0, 0.05) is 12.6 Å². The summed E-state index contributed by atoms with van der Waals surface area (Å²) in [6, 6.07) is 3.54. The summed E-state index contributed by atoms with van der Waals surface area (Å²) in [5.74, 6) is 0.245. The van der Waals surface area contributed by atoms with E-state index in [0.717, 1.165) is 19.3 Å². The highest BCUT2D eigenvalue weighted by molar-refractivity contribution is 5.90. The molecule has 0 bridgehead atoms. The second-order valence-electron chi connectivity index (χ2n) is 5.37. The molecule has 21 heavy (non-hydrogen) atoms. The van der Waals surface area contributed by atoms with E-state index in [1.54, 1.807) is 0 Å². The number of amides is 2. The molecule has 1 saturated carbocycles. The maximum Gasteiger partial charge on any atom is 0.319 e. The average Bonchev–Trinajstić information content (AvgIpc) is 2.45. The van der Waals surface area contributed by atoms with Crippen molar-refractivity contribution in [3.8, 4) is 5.75 Å². The number of rotatable bonds is 4. The summed E-state index contributed by atoms with van der Waals surface area (Å²) in [6.45, 7) is 0.501. The van der Waals surface area contributed by atoms with E-state index in [-0.39, 0.29) is 12.0 Å². The van der Waals surface area contributed by atoms with Crippen LogP contribution in [-0.2, 0) is 0 Å². The van der Waals surface area contributed by atoms with E-state index in [0.29, 0.717) is 24.4 Å². The van der Waals surface area contributed by atoms with Gasteiger partial charge >= 0.3 is 6.03 Å². The summed E-state index contributed by atoms with van der Waals surface area (Å²) in [4.78, 5) is 11.9. The molecule has 0 spiro atoms. The zero-order chi connectivity index (χ0) is 15.2. The van der Waals surface area contributed by atoms with Gasteiger partial charge in [-0.2, -0.15) is 0 Å². The second-order valence-corrected chi connectivity index (χ2v) is 5.37. The van der Waals surface area contributed by atoms with Crippen molar-refractivity contribution in [1.29, 1.82) is 0 Å². The van der Waals surface area contributed by atoms with Crippen molar-refractivity contribution in [2.24, 2.45) is 5.92 Å². The fourth-order valence-corrected chi connectivity index (χ4v) is 2.63. The first-order chi connectivity index (χ1) is 10.1. The molecule has 5 nitrogen and oxygen atoms in total. The molecule has 0 heterocycles. The average molecular weight is 296 g/mol. The molecule has 1 aromatic carbocycles. The predicted molar refractivity (Wildman–Crippen MR) is 77.9 cm³/mol. The lowest BCUT2D eigenvalue weighted by molar-refractivity contribution is 0.101. The number of methoxy groups -OCH3 is 1. The largest absolute Gasteiger partial charge is 0.495 e. The Labute approximate surface area is 123 Å². The molecule has 2 rings (SSSR count). The van der Waals surface area contributed by atoms with Gasteiger partial charge in [0.05, 0.1) is 18.9 Å². The summed E-state index contributed by atoms with van der Waals surface area (Å²) in [6.07, 6.45) is 3.26. The van der Waals surface area contributed by atoms with Crippen LogP contribution in [-0.4, -0.2) is 30.9 Å². The van der Waals surface area contributed by atoms with Gasteiger partial charge in [-0.25, -0.2) is 9.18 Å². The highest BCUT2D eigenvalue weighted by Gasteiger charge is 2.20. The van der Waals surface area contributed by atoms with Gasteiger partial charge < -0.3 is 20.5 Å². The Bertz CT molecular complexity index is 496. The van der Waals surface area contributed by atoms with Crippen molar-refractivity contribution in [3.05, 3.63) is 24.0 Å². The van der Waals surface area contributed by atoms with Gasteiger partial charge in [-0.1, -0.05) is 6.42 Å². The molecule has 1 fully saturated rings. The van der Waals surface area contributed by atoms with Crippen LogP contribution in [0.15, 0.2) is 18.2 Å². The van der Waals surface area contributed by atoms with Crippen LogP contribution in [0, 0.1) is 11.7 Å². The van der Waals surface area contributed by atoms with Crippen molar-refractivity contribution in [2.45, 2.75) is 31.8 Å². The standard InChI is InChI=1S/C15H21FN2O3/c1-21-14-6-5-11(16)8-13(14)18-15(20)17-9-10-3-2-4-12(19)7-10/h5-6,8,10,12,19H,2-4,7,9H2,1H3,(H2,17,18,20). The molecule has 2 amide bonds. The minimum atomic E-state index is -0.443.